The number of ether oxygens (including phenoxy) is 1. The zero-order chi connectivity index (χ0) is 19.6. The molecule has 3 atom stereocenters. The summed E-state index contributed by atoms with van der Waals surface area (Å²) >= 11 is 0. The highest BCUT2D eigenvalue weighted by Gasteiger charge is 2.43. The summed E-state index contributed by atoms with van der Waals surface area (Å²) in [7, 11) is 0. The van der Waals surface area contributed by atoms with Crippen LogP contribution in [0.15, 0.2) is 72.0 Å². The van der Waals surface area contributed by atoms with E-state index in [2.05, 4.69) is 0 Å². The van der Waals surface area contributed by atoms with Crippen LogP contribution < -0.4 is 0 Å². The Kier molecular flexibility index (Phi) is 5.45. The number of rotatable bonds is 3. The average Bonchev–Trinajstić information content (AvgIpc) is 2.65. The molecular weight excluding hydrogens is 338 g/mol. The van der Waals surface area contributed by atoms with Crippen molar-refractivity contribution in [3.8, 4) is 0 Å². The minimum atomic E-state index is -0.342. The van der Waals surface area contributed by atoms with Crippen LogP contribution in [0.25, 0.3) is 0 Å². The fourth-order valence-electron chi connectivity index (χ4n) is 4.10. The molecule has 140 valence electrons. The minimum absolute atomic E-state index is 0.00854. The summed E-state index contributed by atoms with van der Waals surface area (Å²) in [5.41, 5.74) is 2.92. The molecule has 1 heterocycles. The Bertz CT molecular complexity index is 858. The third-order valence-corrected chi connectivity index (χ3v) is 5.14. The van der Waals surface area contributed by atoms with Crippen molar-refractivity contribution in [1.82, 2.24) is 4.90 Å². The van der Waals surface area contributed by atoms with Crippen molar-refractivity contribution >= 4 is 11.9 Å². The first-order valence-electron chi connectivity index (χ1n) is 9.19. The van der Waals surface area contributed by atoms with Gasteiger partial charge in [-0.2, -0.15) is 0 Å². The number of hydrogen-bond acceptors (Lipinski definition) is 3. The number of amides is 1. The van der Waals surface area contributed by atoms with Gasteiger partial charge in [-0.05, 0) is 23.6 Å². The third-order valence-electron chi connectivity index (χ3n) is 5.14. The number of esters is 1. The van der Waals surface area contributed by atoms with Gasteiger partial charge in [0.25, 0.3) is 0 Å². The molecule has 4 heteroatoms. The van der Waals surface area contributed by atoms with Crippen LogP contribution in [0, 0.1) is 5.92 Å². The first-order chi connectivity index (χ1) is 12.9. The van der Waals surface area contributed by atoms with Gasteiger partial charge in [0.1, 0.15) is 5.76 Å². The van der Waals surface area contributed by atoms with E-state index >= 15 is 0 Å². The highest BCUT2D eigenvalue weighted by atomic mass is 16.5. The molecule has 0 unspecified atom stereocenters. The van der Waals surface area contributed by atoms with Crippen LogP contribution in [0.5, 0.6) is 0 Å². The smallest absolute Gasteiger partial charge is 0.307 e. The highest BCUT2D eigenvalue weighted by Crippen LogP contribution is 2.48. The van der Waals surface area contributed by atoms with Gasteiger partial charge in [-0.3, -0.25) is 9.59 Å². The van der Waals surface area contributed by atoms with Crippen molar-refractivity contribution in [2.75, 3.05) is 0 Å². The normalized spacial score (nSPS) is 22.5. The minimum Gasteiger partial charge on any atom is -0.431 e. The van der Waals surface area contributed by atoms with E-state index < -0.39 is 0 Å². The van der Waals surface area contributed by atoms with Gasteiger partial charge in [-0.25, -0.2) is 0 Å². The molecule has 0 N–H and O–H groups in total. The van der Waals surface area contributed by atoms with Crippen LogP contribution in [0.1, 0.15) is 50.9 Å². The molecule has 0 spiro atoms. The number of hydrogen-bond donors (Lipinski definition) is 0. The Morgan fingerprint density at radius 1 is 0.889 bits per heavy atom. The molecule has 0 saturated heterocycles. The zero-order valence-corrected chi connectivity index (χ0v) is 16.2. The Balaban J connectivity index is 2.23. The van der Waals surface area contributed by atoms with Crippen LogP contribution in [0.2, 0.25) is 0 Å². The van der Waals surface area contributed by atoms with E-state index in [1.807, 2.05) is 79.4 Å². The van der Waals surface area contributed by atoms with E-state index in [-0.39, 0.29) is 29.9 Å². The summed E-state index contributed by atoms with van der Waals surface area (Å²) in [6.45, 7) is 6.97. The van der Waals surface area contributed by atoms with E-state index in [9.17, 15) is 9.59 Å². The first kappa shape index (κ1) is 18.9. The number of benzene rings is 2. The number of carbonyl (C=O) groups excluding carboxylic acids is 2. The van der Waals surface area contributed by atoms with Crippen LogP contribution in [-0.4, -0.2) is 16.8 Å². The number of nitrogens with zero attached hydrogens (tertiary/aromatic N) is 1. The molecule has 1 amide bonds. The topological polar surface area (TPSA) is 46.6 Å². The maximum Gasteiger partial charge on any atom is 0.307 e. The molecule has 0 aromatic heterocycles. The molecular formula is C23H25NO3. The van der Waals surface area contributed by atoms with Gasteiger partial charge in [0.05, 0.1) is 12.1 Å². The molecule has 0 saturated carbocycles. The second-order valence-electron chi connectivity index (χ2n) is 7.02. The van der Waals surface area contributed by atoms with Crippen LogP contribution in [0.4, 0.5) is 0 Å². The van der Waals surface area contributed by atoms with Gasteiger partial charge in [0, 0.05) is 19.8 Å². The molecule has 1 aliphatic heterocycles. The summed E-state index contributed by atoms with van der Waals surface area (Å²) in [6, 6.07) is 19.3. The maximum absolute atomic E-state index is 12.8. The molecule has 3 rings (SSSR count). The predicted molar refractivity (Wildman–Crippen MR) is 105 cm³/mol. The molecule has 4 nitrogen and oxygen atoms in total. The third kappa shape index (κ3) is 3.65. The lowest BCUT2D eigenvalue weighted by Crippen LogP contribution is -2.44. The lowest BCUT2D eigenvalue weighted by Gasteiger charge is -2.46. The van der Waals surface area contributed by atoms with Crippen molar-refractivity contribution in [3.05, 3.63) is 83.1 Å². The van der Waals surface area contributed by atoms with Gasteiger partial charge in [-0.15, -0.1) is 0 Å². The van der Waals surface area contributed by atoms with E-state index in [1.165, 1.54) is 6.92 Å². The molecule has 27 heavy (non-hydrogen) atoms. The molecule has 2 aromatic rings. The fraction of sp³-hybridized carbons (Fsp3) is 0.304. The standard InChI is InChI=1S/C23H25NO3/c1-15-21(19-11-7-5-8-12-19)24(17(3)25)22(20-13-9-6-10-14-20)16(2)23(15)27-18(4)26/h5-15,21-22H,1-4H3/t15-,21-,22-/m1/s1. The largest absolute Gasteiger partial charge is 0.431 e. The average molecular weight is 363 g/mol. The van der Waals surface area contributed by atoms with Crippen molar-refractivity contribution in [3.63, 3.8) is 0 Å². The zero-order valence-electron chi connectivity index (χ0n) is 16.2. The van der Waals surface area contributed by atoms with Gasteiger partial charge in [0.15, 0.2) is 0 Å². The van der Waals surface area contributed by atoms with Gasteiger partial charge < -0.3 is 9.64 Å². The Morgan fingerprint density at radius 3 is 1.89 bits per heavy atom. The van der Waals surface area contributed by atoms with Crippen molar-refractivity contribution < 1.29 is 14.3 Å². The van der Waals surface area contributed by atoms with Crippen LogP contribution >= 0.6 is 0 Å². The predicted octanol–water partition coefficient (Wildman–Crippen LogP) is 4.80. The van der Waals surface area contributed by atoms with Crippen molar-refractivity contribution in [2.24, 2.45) is 5.92 Å². The first-order valence-corrected chi connectivity index (χ1v) is 9.19. The van der Waals surface area contributed by atoms with Crippen LogP contribution in [-0.2, 0) is 14.3 Å². The lowest BCUT2D eigenvalue weighted by molar-refractivity contribution is -0.141. The lowest BCUT2D eigenvalue weighted by atomic mass is 9.80. The highest BCUT2D eigenvalue weighted by molar-refractivity contribution is 5.76. The summed E-state index contributed by atoms with van der Waals surface area (Å²) in [6.07, 6.45) is 0. The van der Waals surface area contributed by atoms with Crippen molar-refractivity contribution in [2.45, 2.75) is 39.8 Å². The molecule has 0 bridgehead atoms. The summed E-state index contributed by atoms with van der Waals surface area (Å²) in [4.78, 5) is 26.5. The van der Waals surface area contributed by atoms with Gasteiger partial charge >= 0.3 is 5.97 Å². The fourth-order valence-corrected chi connectivity index (χ4v) is 4.10. The second kappa shape index (κ2) is 7.78. The molecule has 0 aliphatic carbocycles. The summed E-state index contributed by atoms with van der Waals surface area (Å²) < 4.78 is 5.65. The summed E-state index contributed by atoms with van der Waals surface area (Å²) in [5.74, 6) is 0.166. The van der Waals surface area contributed by atoms with E-state index in [4.69, 9.17) is 4.74 Å². The van der Waals surface area contributed by atoms with E-state index in [0.29, 0.717) is 5.76 Å². The molecule has 0 radical (unpaired) electrons. The van der Waals surface area contributed by atoms with Crippen molar-refractivity contribution in [1.29, 1.82) is 0 Å². The van der Waals surface area contributed by atoms with E-state index in [1.54, 1.807) is 6.92 Å². The van der Waals surface area contributed by atoms with Gasteiger partial charge in [0.2, 0.25) is 5.91 Å². The maximum atomic E-state index is 12.8. The summed E-state index contributed by atoms with van der Waals surface area (Å²) in [5, 5.41) is 0. The Morgan fingerprint density at radius 2 is 1.41 bits per heavy atom. The number of carbonyl (C=O) groups is 2. The Labute approximate surface area is 160 Å². The monoisotopic (exact) mass is 363 g/mol. The Hall–Kier alpha value is -2.88. The SMILES string of the molecule is CC(=O)OC1=C(C)[C@H](c2ccccc2)N(C(C)=O)[C@@H](c2ccccc2)[C@H]1C. The molecule has 1 aliphatic rings. The second-order valence-corrected chi connectivity index (χ2v) is 7.02. The molecule has 0 fully saturated rings. The van der Waals surface area contributed by atoms with Crippen LogP contribution in [0.3, 0.4) is 0 Å². The molecule has 2 aromatic carbocycles. The van der Waals surface area contributed by atoms with E-state index in [0.717, 1.165) is 16.7 Å². The van der Waals surface area contributed by atoms with Gasteiger partial charge in [-0.1, -0.05) is 67.6 Å². The quantitative estimate of drug-likeness (QED) is 0.736.